The number of fused-ring (bicyclic) bond motifs is 1. The number of benzene rings is 1. The quantitative estimate of drug-likeness (QED) is 0.795. The summed E-state index contributed by atoms with van der Waals surface area (Å²) < 4.78 is 5.40. The van der Waals surface area contributed by atoms with Crippen LogP contribution in [0.2, 0.25) is 0 Å². The van der Waals surface area contributed by atoms with E-state index in [1.165, 1.54) is 7.11 Å². The summed E-state index contributed by atoms with van der Waals surface area (Å²) in [5.74, 6) is -0.339. The van der Waals surface area contributed by atoms with E-state index in [-0.39, 0.29) is 5.97 Å². The van der Waals surface area contributed by atoms with E-state index in [2.05, 4.69) is 25.7 Å². The Morgan fingerprint density at radius 3 is 2.93 bits per heavy atom. The Balaban J connectivity index is 2.67. The lowest BCUT2D eigenvalue weighted by molar-refractivity contribution is 0.0600. The van der Waals surface area contributed by atoms with Crippen LogP contribution in [0.5, 0.6) is 0 Å². The molecule has 1 heterocycles. The molecule has 0 saturated carbocycles. The minimum Gasteiger partial charge on any atom is -0.465 e. The van der Waals surface area contributed by atoms with E-state index in [0.717, 1.165) is 15.4 Å². The number of carbonyl (C=O) groups excluding carboxylic acids is 1. The first-order valence-corrected chi connectivity index (χ1v) is 4.87. The Morgan fingerprint density at radius 1 is 1.43 bits per heavy atom. The maximum Gasteiger partial charge on any atom is 0.339 e. The van der Waals surface area contributed by atoms with Gasteiger partial charge in [-0.2, -0.15) is 0 Å². The van der Waals surface area contributed by atoms with Crippen LogP contribution in [-0.2, 0) is 4.74 Å². The van der Waals surface area contributed by atoms with Crippen molar-refractivity contribution in [1.82, 2.24) is 4.98 Å². The summed E-state index contributed by atoms with van der Waals surface area (Å²) in [5.41, 5.74) is 1.44. The van der Waals surface area contributed by atoms with E-state index in [0.29, 0.717) is 5.56 Å². The molecule has 0 saturated heterocycles. The number of methoxy groups -OCH3 is 1. The molecule has 0 aliphatic heterocycles. The highest BCUT2D eigenvalue weighted by Gasteiger charge is 2.12. The largest absolute Gasteiger partial charge is 0.465 e. The Morgan fingerprint density at radius 2 is 2.21 bits per heavy atom. The zero-order valence-corrected chi connectivity index (χ0v) is 9.09. The first-order chi connectivity index (χ1) is 6.74. The SMILES string of the molecule is COC(=O)c1ccc2cc[nH]c2c1Br. The van der Waals surface area contributed by atoms with Gasteiger partial charge in [-0.1, -0.05) is 6.07 Å². The van der Waals surface area contributed by atoms with Crippen LogP contribution in [0.4, 0.5) is 0 Å². The summed E-state index contributed by atoms with van der Waals surface area (Å²) in [6.45, 7) is 0. The predicted molar refractivity (Wildman–Crippen MR) is 57.3 cm³/mol. The average Bonchev–Trinajstić information content (AvgIpc) is 2.66. The molecular weight excluding hydrogens is 246 g/mol. The second-order valence-electron chi connectivity index (χ2n) is 2.86. The molecule has 0 aliphatic carbocycles. The maximum atomic E-state index is 11.3. The summed E-state index contributed by atoms with van der Waals surface area (Å²) in [7, 11) is 1.37. The molecule has 0 bridgehead atoms. The molecule has 14 heavy (non-hydrogen) atoms. The molecule has 3 nitrogen and oxygen atoms in total. The topological polar surface area (TPSA) is 42.1 Å². The zero-order valence-electron chi connectivity index (χ0n) is 7.50. The third-order valence-electron chi connectivity index (χ3n) is 2.07. The van der Waals surface area contributed by atoms with Crippen LogP contribution in [0.1, 0.15) is 10.4 Å². The monoisotopic (exact) mass is 253 g/mol. The van der Waals surface area contributed by atoms with Gasteiger partial charge in [0.05, 0.1) is 22.7 Å². The fourth-order valence-electron chi connectivity index (χ4n) is 1.36. The summed E-state index contributed by atoms with van der Waals surface area (Å²) in [4.78, 5) is 14.4. The van der Waals surface area contributed by atoms with Gasteiger partial charge in [0.2, 0.25) is 0 Å². The van der Waals surface area contributed by atoms with Crippen molar-refractivity contribution in [3.63, 3.8) is 0 Å². The standard InChI is InChI=1S/C10H8BrNO2/c1-14-10(13)7-3-2-6-4-5-12-9(6)8(7)11/h2-5,12H,1H3. The normalized spacial score (nSPS) is 10.4. The number of rotatable bonds is 1. The molecule has 4 heteroatoms. The number of aromatic amines is 1. The van der Waals surface area contributed by atoms with Crippen LogP contribution in [0.3, 0.4) is 0 Å². The minimum atomic E-state index is -0.339. The maximum absolute atomic E-state index is 11.3. The van der Waals surface area contributed by atoms with Crippen molar-refractivity contribution in [2.24, 2.45) is 0 Å². The first kappa shape index (κ1) is 9.27. The van der Waals surface area contributed by atoms with Gasteiger partial charge in [-0.15, -0.1) is 0 Å². The van der Waals surface area contributed by atoms with E-state index in [1.807, 2.05) is 18.3 Å². The van der Waals surface area contributed by atoms with Gasteiger partial charge in [-0.3, -0.25) is 0 Å². The third-order valence-corrected chi connectivity index (χ3v) is 2.89. The number of hydrogen-bond acceptors (Lipinski definition) is 2. The molecule has 0 atom stereocenters. The van der Waals surface area contributed by atoms with E-state index in [1.54, 1.807) is 6.07 Å². The highest BCUT2D eigenvalue weighted by atomic mass is 79.9. The number of aromatic nitrogens is 1. The van der Waals surface area contributed by atoms with E-state index in [9.17, 15) is 4.79 Å². The van der Waals surface area contributed by atoms with Crippen LogP contribution in [0.15, 0.2) is 28.9 Å². The van der Waals surface area contributed by atoms with Crippen molar-refractivity contribution in [2.45, 2.75) is 0 Å². The van der Waals surface area contributed by atoms with Gasteiger partial charge in [-0.25, -0.2) is 4.79 Å². The zero-order chi connectivity index (χ0) is 10.1. The van der Waals surface area contributed by atoms with Gasteiger partial charge in [-0.05, 0) is 28.1 Å². The second-order valence-corrected chi connectivity index (χ2v) is 3.65. The Hall–Kier alpha value is -1.29. The summed E-state index contributed by atoms with van der Waals surface area (Å²) in [5, 5.41) is 1.06. The number of halogens is 1. The van der Waals surface area contributed by atoms with Crippen LogP contribution in [0.25, 0.3) is 10.9 Å². The van der Waals surface area contributed by atoms with Gasteiger partial charge < -0.3 is 9.72 Å². The molecule has 0 aliphatic rings. The molecule has 0 spiro atoms. The molecule has 1 N–H and O–H groups in total. The molecule has 1 aromatic heterocycles. The van der Waals surface area contributed by atoms with Crippen molar-refractivity contribution < 1.29 is 9.53 Å². The van der Waals surface area contributed by atoms with Crippen molar-refractivity contribution in [3.8, 4) is 0 Å². The fraction of sp³-hybridized carbons (Fsp3) is 0.100. The highest BCUT2D eigenvalue weighted by molar-refractivity contribution is 9.10. The van der Waals surface area contributed by atoms with Gasteiger partial charge >= 0.3 is 5.97 Å². The van der Waals surface area contributed by atoms with E-state index in [4.69, 9.17) is 0 Å². The Bertz CT molecular complexity index is 490. The summed E-state index contributed by atoms with van der Waals surface area (Å²) in [6, 6.07) is 5.57. The lowest BCUT2D eigenvalue weighted by atomic mass is 10.2. The Kier molecular flexibility index (Phi) is 2.29. The number of ether oxygens (including phenoxy) is 1. The molecule has 2 rings (SSSR count). The molecule has 0 unspecified atom stereocenters. The molecule has 0 radical (unpaired) electrons. The molecule has 1 aromatic carbocycles. The van der Waals surface area contributed by atoms with E-state index >= 15 is 0 Å². The Labute approximate surface area is 89.2 Å². The summed E-state index contributed by atoms with van der Waals surface area (Å²) in [6.07, 6.45) is 1.83. The van der Waals surface area contributed by atoms with Gasteiger partial charge in [0.15, 0.2) is 0 Å². The number of esters is 1. The molecule has 72 valence electrons. The third kappa shape index (κ3) is 1.32. The molecule has 2 aromatic rings. The van der Waals surface area contributed by atoms with Crippen molar-refractivity contribution in [2.75, 3.05) is 7.11 Å². The molecule has 0 fully saturated rings. The predicted octanol–water partition coefficient (Wildman–Crippen LogP) is 2.72. The van der Waals surface area contributed by atoms with Gasteiger partial charge in [0.25, 0.3) is 0 Å². The second kappa shape index (κ2) is 3.46. The minimum absolute atomic E-state index is 0.339. The highest BCUT2D eigenvalue weighted by Crippen LogP contribution is 2.26. The van der Waals surface area contributed by atoms with Crippen LogP contribution in [-0.4, -0.2) is 18.1 Å². The number of nitrogens with one attached hydrogen (secondary N) is 1. The van der Waals surface area contributed by atoms with Gasteiger partial charge in [0.1, 0.15) is 0 Å². The number of hydrogen-bond donors (Lipinski definition) is 1. The molecule has 0 amide bonds. The van der Waals surface area contributed by atoms with Crippen LogP contribution >= 0.6 is 15.9 Å². The van der Waals surface area contributed by atoms with E-state index < -0.39 is 0 Å². The van der Waals surface area contributed by atoms with Crippen molar-refractivity contribution in [3.05, 3.63) is 34.4 Å². The smallest absolute Gasteiger partial charge is 0.339 e. The average molecular weight is 254 g/mol. The summed E-state index contributed by atoms with van der Waals surface area (Å²) >= 11 is 3.37. The first-order valence-electron chi connectivity index (χ1n) is 4.08. The van der Waals surface area contributed by atoms with Crippen LogP contribution < -0.4 is 0 Å². The van der Waals surface area contributed by atoms with Crippen molar-refractivity contribution >= 4 is 32.8 Å². The lowest BCUT2D eigenvalue weighted by Gasteiger charge is -2.02. The number of carbonyl (C=O) groups is 1. The molecular formula is C10H8BrNO2. The van der Waals surface area contributed by atoms with Gasteiger partial charge in [0, 0.05) is 11.6 Å². The van der Waals surface area contributed by atoms with Crippen LogP contribution in [0, 0.1) is 0 Å². The number of H-pyrrole nitrogens is 1. The lowest BCUT2D eigenvalue weighted by Crippen LogP contribution is -2.02. The fourth-order valence-corrected chi connectivity index (χ4v) is 2.00. The van der Waals surface area contributed by atoms with Crippen molar-refractivity contribution in [1.29, 1.82) is 0 Å².